The first-order valence-corrected chi connectivity index (χ1v) is 7.27. The molecular formula is C16H34O. The molecular weight excluding hydrogens is 208 g/mol. The van der Waals surface area contributed by atoms with E-state index in [0.717, 1.165) is 17.8 Å². The Kier molecular flexibility index (Phi) is 8.11. The molecule has 0 aromatic heterocycles. The van der Waals surface area contributed by atoms with E-state index in [-0.39, 0.29) is 7.43 Å². The molecule has 1 aliphatic heterocycles. The normalized spacial score (nSPS) is 37.6. The summed E-state index contributed by atoms with van der Waals surface area (Å²) in [5, 5.41) is 0. The largest absolute Gasteiger partial charge is 0.374 e. The highest BCUT2D eigenvalue weighted by atomic mass is 16.5. The second-order valence-corrected chi connectivity index (χ2v) is 5.69. The Morgan fingerprint density at radius 1 is 0.824 bits per heavy atom. The zero-order chi connectivity index (χ0) is 12.1. The number of unbranched alkanes of at least 4 members (excludes halogenated alkanes) is 2. The van der Waals surface area contributed by atoms with Crippen LogP contribution in [-0.2, 0) is 4.74 Å². The molecule has 104 valence electrons. The van der Waals surface area contributed by atoms with Crippen molar-refractivity contribution in [2.24, 2.45) is 17.8 Å². The Labute approximate surface area is 109 Å². The van der Waals surface area contributed by atoms with Crippen LogP contribution in [0.1, 0.15) is 74.1 Å². The van der Waals surface area contributed by atoms with Gasteiger partial charge in [0.05, 0.1) is 12.2 Å². The maximum absolute atomic E-state index is 6.28. The van der Waals surface area contributed by atoms with E-state index in [0.29, 0.717) is 12.2 Å². The van der Waals surface area contributed by atoms with Crippen molar-refractivity contribution in [1.82, 2.24) is 0 Å². The summed E-state index contributed by atoms with van der Waals surface area (Å²) in [5.74, 6) is 2.27. The Hall–Kier alpha value is -0.0400. The van der Waals surface area contributed by atoms with Gasteiger partial charge in [-0.3, -0.25) is 0 Å². The lowest BCUT2D eigenvalue weighted by Gasteiger charge is -2.44. The Bertz CT molecular complexity index is 188. The second-order valence-electron chi connectivity index (χ2n) is 5.69. The minimum absolute atomic E-state index is 0. The number of hydrogen-bond acceptors (Lipinski definition) is 1. The molecule has 5 unspecified atom stereocenters. The van der Waals surface area contributed by atoms with Gasteiger partial charge in [0.2, 0.25) is 0 Å². The predicted octanol–water partition coefficient (Wildman–Crippen LogP) is 5.29. The van der Waals surface area contributed by atoms with Crippen molar-refractivity contribution in [3.8, 4) is 0 Å². The third-order valence-electron chi connectivity index (χ3n) is 4.68. The van der Waals surface area contributed by atoms with Gasteiger partial charge in [-0.05, 0) is 30.6 Å². The highest BCUT2D eigenvalue weighted by Crippen LogP contribution is 2.37. The van der Waals surface area contributed by atoms with Gasteiger partial charge in [-0.15, -0.1) is 0 Å². The monoisotopic (exact) mass is 242 g/mol. The molecule has 1 heterocycles. The Balaban J connectivity index is 0.00000256. The van der Waals surface area contributed by atoms with Crippen LogP contribution in [0.15, 0.2) is 0 Å². The van der Waals surface area contributed by atoms with Crippen LogP contribution >= 0.6 is 0 Å². The minimum atomic E-state index is 0. The standard InChI is InChI=1S/C15H30O.CH4/c1-6-8-9-10-15-13(5)11(3)12(4)14(7-2)16-15;/h11-15H,6-10H2,1-5H3;1H4. The van der Waals surface area contributed by atoms with Gasteiger partial charge in [0.1, 0.15) is 0 Å². The van der Waals surface area contributed by atoms with Gasteiger partial charge in [-0.25, -0.2) is 0 Å². The lowest BCUT2D eigenvalue weighted by Crippen LogP contribution is -2.44. The van der Waals surface area contributed by atoms with Gasteiger partial charge in [-0.1, -0.05) is 61.3 Å². The third kappa shape index (κ3) is 4.28. The second kappa shape index (κ2) is 8.13. The smallest absolute Gasteiger partial charge is 0.0607 e. The zero-order valence-electron chi connectivity index (χ0n) is 11.8. The molecule has 0 aromatic carbocycles. The molecule has 0 spiro atoms. The van der Waals surface area contributed by atoms with E-state index in [1.807, 2.05) is 0 Å². The average Bonchev–Trinajstić information content (AvgIpc) is 2.29. The Morgan fingerprint density at radius 3 is 1.94 bits per heavy atom. The van der Waals surface area contributed by atoms with Gasteiger partial charge < -0.3 is 4.74 Å². The van der Waals surface area contributed by atoms with Crippen molar-refractivity contribution >= 4 is 0 Å². The highest BCUT2D eigenvalue weighted by Gasteiger charge is 2.37. The fraction of sp³-hybridized carbons (Fsp3) is 1.00. The summed E-state index contributed by atoms with van der Waals surface area (Å²) in [6, 6.07) is 0. The van der Waals surface area contributed by atoms with Crippen LogP contribution in [0.2, 0.25) is 0 Å². The fourth-order valence-electron chi connectivity index (χ4n) is 3.02. The van der Waals surface area contributed by atoms with Crippen molar-refractivity contribution < 1.29 is 4.74 Å². The van der Waals surface area contributed by atoms with E-state index >= 15 is 0 Å². The average molecular weight is 242 g/mol. The maximum Gasteiger partial charge on any atom is 0.0607 e. The van der Waals surface area contributed by atoms with E-state index < -0.39 is 0 Å². The summed E-state index contributed by atoms with van der Waals surface area (Å²) in [6.45, 7) is 11.7. The van der Waals surface area contributed by atoms with E-state index in [4.69, 9.17) is 4.74 Å². The van der Waals surface area contributed by atoms with Crippen molar-refractivity contribution in [1.29, 1.82) is 0 Å². The van der Waals surface area contributed by atoms with Gasteiger partial charge in [0, 0.05) is 0 Å². The van der Waals surface area contributed by atoms with Crippen LogP contribution in [0, 0.1) is 17.8 Å². The minimum Gasteiger partial charge on any atom is -0.374 e. The van der Waals surface area contributed by atoms with Gasteiger partial charge in [0.25, 0.3) is 0 Å². The molecule has 1 fully saturated rings. The molecule has 1 saturated heterocycles. The van der Waals surface area contributed by atoms with Crippen molar-refractivity contribution in [3.05, 3.63) is 0 Å². The summed E-state index contributed by atoms with van der Waals surface area (Å²) in [6.07, 6.45) is 7.45. The van der Waals surface area contributed by atoms with Crippen molar-refractivity contribution in [2.45, 2.75) is 86.4 Å². The predicted molar refractivity (Wildman–Crippen MR) is 77.3 cm³/mol. The number of hydrogen-bond donors (Lipinski definition) is 0. The quantitative estimate of drug-likeness (QED) is 0.595. The van der Waals surface area contributed by atoms with Crippen LogP contribution in [0.25, 0.3) is 0 Å². The molecule has 0 saturated carbocycles. The number of rotatable bonds is 5. The van der Waals surface area contributed by atoms with E-state index in [1.54, 1.807) is 0 Å². The SMILES string of the molecule is C.CCCCCC1OC(CC)C(C)C(C)C1C. The molecule has 1 heteroatoms. The van der Waals surface area contributed by atoms with E-state index in [9.17, 15) is 0 Å². The molecule has 0 radical (unpaired) electrons. The molecule has 1 nitrogen and oxygen atoms in total. The third-order valence-corrected chi connectivity index (χ3v) is 4.68. The first-order valence-electron chi connectivity index (χ1n) is 7.27. The maximum atomic E-state index is 6.28. The van der Waals surface area contributed by atoms with Gasteiger partial charge in [0.15, 0.2) is 0 Å². The van der Waals surface area contributed by atoms with Crippen LogP contribution in [-0.4, -0.2) is 12.2 Å². The van der Waals surface area contributed by atoms with E-state index in [2.05, 4.69) is 34.6 Å². The summed E-state index contributed by atoms with van der Waals surface area (Å²) in [4.78, 5) is 0. The van der Waals surface area contributed by atoms with Gasteiger partial charge in [-0.2, -0.15) is 0 Å². The molecule has 1 rings (SSSR count). The zero-order valence-corrected chi connectivity index (χ0v) is 11.8. The summed E-state index contributed by atoms with van der Waals surface area (Å²) in [5.41, 5.74) is 0. The topological polar surface area (TPSA) is 9.23 Å². The molecule has 5 atom stereocenters. The van der Waals surface area contributed by atoms with Crippen molar-refractivity contribution in [2.75, 3.05) is 0 Å². The molecule has 0 N–H and O–H groups in total. The Morgan fingerprint density at radius 2 is 1.41 bits per heavy atom. The first-order chi connectivity index (χ1) is 7.61. The molecule has 17 heavy (non-hydrogen) atoms. The lowest BCUT2D eigenvalue weighted by atomic mass is 9.75. The summed E-state index contributed by atoms with van der Waals surface area (Å²) < 4.78 is 6.28. The number of ether oxygens (including phenoxy) is 1. The van der Waals surface area contributed by atoms with Crippen LogP contribution in [0.5, 0.6) is 0 Å². The van der Waals surface area contributed by atoms with Crippen LogP contribution < -0.4 is 0 Å². The lowest BCUT2D eigenvalue weighted by molar-refractivity contribution is -0.136. The van der Waals surface area contributed by atoms with Gasteiger partial charge >= 0.3 is 0 Å². The first kappa shape index (κ1) is 17.0. The molecule has 0 aromatic rings. The molecule has 0 aliphatic carbocycles. The molecule has 0 bridgehead atoms. The van der Waals surface area contributed by atoms with Crippen molar-refractivity contribution in [3.63, 3.8) is 0 Å². The fourth-order valence-corrected chi connectivity index (χ4v) is 3.02. The summed E-state index contributed by atoms with van der Waals surface area (Å²) in [7, 11) is 0. The highest BCUT2D eigenvalue weighted by molar-refractivity contribution is 4.85. The van der Waals surface area contributed by atoms with E-state index in [1.165, 1.54) is 32.1 Å². The van der Waals surface area contributed by atoms with Crippen LogP contribution in [0.4, 0.5) is 0 Å². The summed E-state index contributed by atoms with van der Waals surface area (Å²) >= 11 is 0. The van der Waals surface area contributed by atoms with Crippen LogP contribution in [0.3, 0.4) is 0 Å². The molecule has 0 amide bonds. The molecule has 1 aliphatic rings.